The molecule has 0 heterocycles. The molecule has 0 aliphatic heterocycles. The van der Waals surface area contributed by atoms with Gasteiger partial charge < -0.3 is 9.80 Å². The van der Waals surface area contributed by atoms with Crippen LogP contribution in [0.3, 0.4) is 0 Å². The van der Waals surface area contributed by atoms with Gasteiger partial charge in [0.2, 0.25) is 0 Å². The summed E-state index contributed by atoms with van der Waals surface area (Å²) >= 11 is 0. The molecule has 2 heteroatoms. The highest BCUT2D eigenvalue weighted by atomic mass is 15.2. The Labute approximate surface area is 297 Å². The van der Waals surface area contributed by atoms with Gasteiger partial charge in [0.15, 0.2) is 0 Å². The van der Waals surface area contributed by atoms with Crippen LogP contribution in [0.4, 0.5) is 28.4 Å². The molecule has 0 N–H and O–H groups in total. The van der Waals surface area contributed by atoms with Gasteiger partial charge in [-0.25, -0.2) is 0 Å². The van der Waals surface area contributed by atoms with Gasteiger partial charge in [-0.1, -0.05) is 133 Å². The molecule has 50 heavy (non-hydrogen) atoms. The number of nitrogens with zero attached hydrogens (tertiary/aromatic N) is 2. The summed E-state index contributed by atoms with van der Waals surface area (Å²) in [5.74, 6) is 0. The molecule has 0 spiro atoms. The average molecular weight is 651 g/mol. The van der Waals surface area contributed by atoms with Crippen LogP contribution in [0.15, 0.2) is 151 Å². The Kier molecular flexibility index (Phi) is 7.79. The van der Waals surface area contributed by atoms with E-state index >= 15 is 0 Å². The third kappa shape index (κ3) is 5.63. The molecule has 0 atom stereocenters. The van der Waals surface area contributed by atoms with Crippen LogP contribution in [0.1, 0.15) is 65.5 Å². The molecule has 0 unspecified atom stereocenters. The van der Waals surface area contributed by atoms with E-state index in [1.54, 1.807) is 0 Å². The van der Waals surface area contributed by atoms with E-state index in [-0.39, 0.29) is 10.8 Å². The molecular formula is C48H46N2. The van der Waals surface area contributed by atoms with Crippen LogP contribution in [-0.4, -0.2) is 0 Å². The normalized spacial score (nSPS) is 13.7. The van der Waals surface area contributed by atoms with Crippen molar-refractivity contribution in [2.75, 3.05) is 9.80 Å². The molecule has 0 bridgehead atoms. The van der Waals surface area contributed by atoms with Crippen molar-refractivity contribution in [3.63, 3.8) is 0 Å². The van der Waals surface area contributed by atoms with Gasteiger partial charge in [-0.3, -0.25) is 0 Å². The molecule has 7 aromatic carbocycles. The summed E-state index contributed by atoms with van der Waals surface area (Å²) in [5, 5.41) is 7.68. The lowest BCUT2D eigenvalue weighted by molar-refractivity contribution is 0.590. The zero-order valence-corrected chi connectivity index (χ0v) is 30.2. The van der Waals surface area contributed by atoms with Gasteiger partial charge in [0.1, 0.15) is 0 Å². The second-order valence-electron chi connectivity index (χ2n) is 15.8. The van der Waals surface area contributed by atoms with Gasteiger partial charge in [-0.05, 0) is 111 Å². The molecule has 1 aliphatic rings. The minimum Gasteiger partial charge on any atom is -0.314 e. The number of rotatable bonds is 6. The van der Waals surface area contributed by atoms with Crippen molar-refractivity contribution in [3.8, 4) is 0 Å². The highest BCUT2D eigenvalue weighted by Gasteiger charge is 2.24. The Balaban J connectivity index is 1.35. The van der Waals surface area contributed by atoms with Crippen LogP contribution in [0, 0.1) is 0 Å². The molecule has 0 radical (unpaired) electrons. The van der Waals surface area contributed by atoms with E-state index in [9.17, 15) is 0 Å². The van der Waals surface area contributed by atoms with E-state index in [0.717, 1.165) is 24.2 Å². The van der Waals surface area contributed by atoms with Gasteiger partial charge in [-0.15, -0.1) is 0 Å². The third-order valence-electron chi connectivity index (χ3n) is 10.4. The summed E-state index contributed by atoms with van der Waals surface area (Å²) in [5.41, 5.74) is 10.1. The van der Waals surface area contributed by atoms with Gasteiger partial charge in [0.05, 0.1) is 11.4 Å². The summed E-state index contributed by atoms with van der Waals surface area (Å²) in [4.78, 5) is 4.91. The van der Waals surface area contributed by atoms with E-state index in [1.807, 2.05) is 0 Å². The topological polar surface area (TPSA) is 6.48 Å². The minimum absolute atomic E-state index is 0.0906. The molecule has 0 amide bonds. The van der Waals surface area contributed by atoms with Crippen LogP contribution in [-0.2, 0) is 10.8 Å². The Morgan fingerprint density at radius 2 is 0.920 bits per heavy atom. The fourth-order valence-electron chi connectivity index (χ4n) is 7.62. The average Bonchev–Trinajstić information content (AvgIpc) is 3.12. The lowest BCUT2D eigenvalue weighted by Gasteiger charge is -2.31. The first-order valence-corrected chi connectivity index (χ1v) is 18.0. The zero-order chi connectivity index (χ0) is 34.6. The largest absolute Gasteiger partial charge is 0.314 e. The van der Waals surface area contributed by atoms with E-state index in [2.05, 4.69) is 197 Å². The Bertz CT molecular complexity index is 2360. The Morgan fingerprint density at radius 3 is 1.40 bits per heavy atom. The fourth-order valence-corrected chi connectivity index (χ4v) is 7.62. The second kappa shape index (κ2) is 12.2. The van der Waals surface area contributed by atoms with Gasteiger partial charge in [0, 0.05) is 33.5 Å². The van der Waals surface area contributed by atoms with Crippen molar-refractivity contribution in [2.45, 2.75) is 65.2 Å². The highest BCUT2D eigenvalue weighted by molar-refractivity contribution is 6.28. The van der Waals surface area contributed by atoms with Crippen molar-refractivity contribution in [1.29, 1.82) is 0 Å². The Hall–Kier alpha value is -5.34. The van der Waals surface area contributed by atoms with E-state index in [4.69, 9.17) is 0 Å². The summed E-state index contributed by atoms with van der Waals surface area (Å²) < 4.78 is 0. The van der Waals surface area contributed by atoms with Crippen molar-refractivity contribution in [3.05, 3.63) is 162 Å². The van der Waals surface area contributed by atoms with Crippen molar-refractivity contribution in [2.24, 2.45) is 0 Å². The van der Waals surface area contributed by atoms with Gasteiger partial charge in [0.25, 0.3) is 0 Å². The van der Waals surface area contributed by atoms with Gasteiger partial charge >= 0.3 is 0 Å². The van der Waals surface area contributed by atoms with Crippen LogP contribution >= 0.6 is 0 Å². The quantitative estimate of drug-likeness (QED) is 0.165. The molecule has 0 aromatic heterocycles. The number of hydrogen-bond acceptors (Lipinski definition) is 2. The minimum atomic E-state index is 0.0906. The first-order valence-electron chi connectivity index (χ1n) is 18.0. The molecule has 248 valence electrons. The lowest BCUT2D eigenvalue weighted by atomic mass is 9.87. The van der Waals surface area contributed by atoms with Crippen LogP contribution in [0.25, 0.3) is 32.3 Å². The summed E-state index contributed by atoms with van der Waals surface area (Å²) in [7, 11) is 0. The van der Waals surface area contributed by atoms with Crippen molar-refractivity contribution >= 4 is 60.8 Å². The summed E-state index contributed by atoms with van der Waals surface area (Å²) in [6.45, 7) is 13.7. The number of para-hydroxylation sites is 1. The smallest absolute Gasteiger partial charge is 0.0540 e. The van der Waals surface area contributed by atoms with Crippen LogP contribution in [0.2, 0.25) is 0 Å². The highest BCUT2D eigenvalue weighted by Crippen LogP contribution is 2.47. The summed E-state index contributed by atoms with van der Waals surface area (Å²) in [6.07, 6.45) is 8.82. The summed E-state index contributed by atoms with van der Waals surface area (Å²) in [6, 6.07) is 47.7. The predicted octanol–water partition coefficient (Wildman–Crippen LogP) is 14.0. The number of anilines is 5. The first-order chi connectivity index (χ1) is 24.1. The SMILES string of the molecule is CC(C)(C)c1ccc(N(C2=CC=CCC2)c2ccc3ccc4c(N(c5ccccc5)c5ccc(C(C)(C)C)cc5)ccc5ccc2c3c54)cc1. The molecule has 7 aromatic rings. The zero-order valence-electron chi connectivity index (χ0n) is 30.2. The molecule has 1 aliphatic carbocycles. The lowest BCUT2D eigenvalue weighted by Crippen LogP contribution is -2.18. The van der Waals surface area contributed by atoms with E-state index in [1.165, 1.54) is 66.2 Å². The molecule has 8 rings (SSSR count). The molecule has 0 saturated heterocycles. The van der Waals surface area contributed by atoms with Crippen molar-refractivity contribution in [1.82, 2.24) is 0 Å². The molecule has 0 fully saturated rings. The third-order valence-corrected chi connectivity index (χ3v) is 10.4. The maximum Gasteiger partial charge on any atom is 0.0540 e. The van der Waals surface area contributed by atoms with E-state index < -0.39 is 0 Å². The van der Waals surface area contributed by atoms with Crippen LogP contribution < -0.4 is 9.80 Å². The van der Waals surface area contributed by atoms with Crippen LogP contribution in [0.5, 0.6) is 0 Å². The molecule has 0 saturated carbocycles. The number of hydrogen-bond donors (Lipinski definition) is 0. The van der Waals surface area contributed by atoms with Gasteiger partial charge in [-0.2, -0.15) is 0 Å². The van der Waals surface area contributed by atoms with E-state index in [0.29, 0.717) is 0 Å². The predicted molar refractivity (Wildman–Crippen MR) is 217 cm³/mol. The number of benzene rings is 7. The standard InChI is InChI=1S/C48H46N2/c1-47(2,3)35-21-25-39(26-22-35)49(37-13-9-7-10-14-37)43-31-19-33-18-30-42-44(32-20-34-17-29-41(43)45(33)46(34)42)50(38-15-11-8-12-16-38)40-27-23-36(24-28-40)48(4,5)6/h7-11,13-15,17-32H,12,16H2,1-6H3. The molecular weight excluding hydrogens is 605 g/mol. The Morgan fingerprint density at radius 1 is 0.460 bits per heavy atom. The number of allylic oxidation sites excluding steroid dienone is 4. The monoisotopic (exact) mass is 650 g/mol. The maximum atomic E-state index is 2.50. The maximum absolute atomic E-state index is 2.50. The second-order valence-corrected chi connectivity index (χ2v) is 15.8. The fraction of sp³-hybridized carbons (Fsp3) is 0.208. The van der Waals surface area contributed by atoms with Crippen molar-refractivity contribution < 1.29 is 0 Å². The first kappa shape index (κ1) is 31.9. The molecule has 2 nitrogen and oxygen atoms in total.